The second kappa shape index (κ2) is 5.05. The van der Waals surface area contributed by atoms with Gasteiger partial charge in [-0.05, 0) is 0 Å². The van der Waals surface area contributed by atoms with Crippen LogP contribution in [0.5, 0.6) is 0 Å². The highest BCUT2D eigenvalue weighted by molar-refractivity contribution is 6.28. The molecular weight excluding hydrogens is 156 g/mol. The van der Waals surface area contributed by atoms with Gasteiger partial charge in [-0.3, -0.25) is 9.79 Å². The van der Waals surface area contributed by atoms with Crippen molar-refractivity contribution in [2.75, 3.05) is 19.5 Å². The van der Waals surface area contributed by atoms with E-state index in [1.165, 1.54) is 7.11 Å². The summed E-state index contributed by atoms with van der Waals surface area (Å²) < 4.78 is 4.30. The van der Waals surface area contributed by atoms with Crippen LogP contribution in [0.2, 0.25) is 0 Å². The molecule has 0 unspecified atom stereocenters. The average Bonchev–Trinajstić information content (AvgIpc) is 1.99. The molecule has 0 radical (unpaired) electrons. The monoisotopic (exact) mass is 164 g/mol. The summed E-state index contributed by atoms with van der Waals surface area (Å²) in [5, 5.41) is 0. The van der Waals surface area contributed by atoms with Crippen LogP contribution < -0.4 is 5.73 Å². The van der Waals surface area contributed by atoms with Crippen LogP contribution in [0.4, 0.5) is 0 Å². The first-order valence-corrected chi connectivity index (χ1v) is 3.15. The normalized spacial score (nSPS) is 11.2. The van der Waals surface area contributed by atoms with Crippen molar-refractivity contribution in [1.29, 1.82) is 0 Å². The smallest absolute Gasteiger partial charge is 0.327 e. The van der Waals surface area contributed by atoms with Gasteiger partial charge in [0.1, 0.15) is 12.4 Å². The van der Waals surface area contributed by atoms with Gasteiger partial charge in [-0.1, -0.05) is 0 Å². The van der Waals surface area contributed by atoms with Crippen molar-refractivity contribution in [1.82, 2.24) is 0 Å². The number of alkyl halides is 1. The summed E-state index contributed by atoms with van der Waals surface area (Å²) in [4.78, 5) is 14.0. The minimum Gasteiger partial charge on any atom is -0.468 e. The van der Waals surface area contributed by atoms with E-state index in [2.05, 4.69) is 9.73 Å². The minimum atomic E-state index is -0.423. The number of rotatable bonds is 3. The number of nitrogens with two attached hydrogens (primary N) is 1. The molecule has 0 fully saturated rings. The zero-order valence-electron chi connectivity index (χ0n) is 5.63. The molecule has 0 bridgehead atoms. The number of aliphatic imine (C=N–C) groups is 1. The van der Waals surface area contributed by atoms with Gasteiger partial charge < -0.3 is 10.5 Å². The summed E-state index contributed by atoms with van der Waals surface area (Å²) in [6.45, 7) is -0.0605. The Labute approximate surface area is 64.0 Å². The summed E-state index contributed by atoms with van der Waals surface area (Å²) in [7, 11) is 1.29. The van der Waals surface area contributed by atoms with Crippen LogP contribution in [0.3, 0.4) is 0 Å². The van der Waals surface area contributed by atoms with Crippen molar-refractivity contribution in [2.24, 2.45) is 10.7 Å². The molecule has 0 heterocycles. The molecule has 5 heteroatoms. The van der Waals surface area contributed by atoms with E-state index >= 15 is 0 Å². The van der Waals surface area contributed by atoms with E-state index in [-0.39, 0.29) is 18.3 Å². The fourth-order valence-electron chi connectivity index (χ4n) is 0.273. The largest absolute Gasteiger partial charge is 0.468 e. The highest BCUT2D eigenvalue weighted by Gasteiger charge is 1.96. The van der Waals surface area contributed by atoms with Crippen LogP contribution in [-0.2, 0) is 9.53 Å². The van der Waals surface area contributed by atoms with Crippen LogP contribution in [0.15, 0.2) is 4.99 Å². The molecule has 0 rings (SSSR count). The highest BCUT2D eigenvalue weighted by atomic mass is 35.5. The fraction of sp³-hybridized carbons (Fsp3) is 0.600. The first-order chi connectivity index (χ1) is 4.70. The van der Waals surface area contributed by atoms with Crippen LogP contribution in [-0.4, -0.2) is 31.3 Å². The number of carbonyl (C=O) groups is 1. The zero-order chi connectivity index (χ0) is 7.98. The second-order valence-electron chi connectivity index (χ2n) is 1.52. The summed E-state index contributed by atoms with van der Waals surface area (Å²) in [5.41, 5.74) is 5.19. The van der Waals surface area contributed by atoms with Crippen molar-refractivity contribution < 1.29 is 9.53 Å². The molecule has 4 nitrogen and oxygen atoms in total. The molecule has 10 heavy (non-hydrogen) atoms. The van der Waals surface area contributed by atoms with E-state index in [9.17, 15) is 4.79 Å². The van der Waals surface area contributed by atoms with E-state index in [0.29, 0.717) is 0 Å². The molecule has 0 aliphatic rings. The number of ether oxygens (including phenoxy) is 1. The summed E-state index contributed by atoms with van der Waals surface area (Å²) in [6.07, 6.45) is 0. The Morgan fingerprint density at radius 1 is 1.80 bits per heavy atom. The first kappa shape index (κ1) is 9.23. The summed E-state index contributed by atoms with van der Waals surface area (Å²) >= 11 is 5.27. The molecular formula is C5H9ClN2O2. The molecule has 58 valence electrons. The molecule has 0 aromatic heterocycles. The standard InChI is InChI=1S/C5H9ClN2O2/c1-10-5(9)3-8-4(7)2-6/h2-3H2,1H3,(H2,7,8). The SMILES string of the molecule is COC(=O)CN=C(N)CCl. The third-order valence-corrected chi connectivity index (χ3v) is 1.05. The van der Waals surface area contributed by atoms with Gasteiger partial charge in [0.05, 0.1) is 13.0 Å². The molecule has 0 spiro atoms. The number of carbonyl (C=O) groups excluding carboxylic acids is 1. The van der Waals surface area contributed by atoms with Gasteiger partial charge in [0.2, 0.25) is 0 Å². The second-order valence-corrected chi connectivity index (χ2v) is 1.78. The number of hydrogen-bond donors (Lipinski definition) is 1. The Kier molecular flexibility index (Phi) is 4.66. The zero-order valence-corrected chi connectivity index (χ0v) is 6.39. The molecule has 0 amide bonds. The Morgan fingerprint density at radius 2 is 2.40 bits per heavy atom. The maximum Gasteiger partial charge on any atom is 0.327 e. The van der Waals surface area contributed by atoms with Gasteiger partial charge in [0.25, 0.3) is 0 Å². The van der Waals surface area contributed by atoms with E-state index in [1.54, 1.807) is 0 Å². The molecule has 0 aromatic carbocycles. The molecule has 0 saturated heterocycles. The van der Waals surface area contributed by atoms with Crippen molar-refractivity contribution in [3.8, 4) is 0 Å². The third kappa shape index (κ3) is 4.14. The lowest BCUT2D eigenvalue weighted by molar-refractivity contribution is -0.138. The number of esters is 1. The topological polar surface area (TPSA) is 64.7 Å². The Bertz CT molecular complexity index is 147. The average molecular weight is 165 g/mol. The van der Waals surface area contributed by atoms with Crippen molar-refractivity contribution >= 4 is 23.4 Å². The van der Waals surface area contributed by atoms with Crippen LogP contribution in [0.1, 0.15) is 0 Å². The molecule has 0 saturated carbocycles. The number of amidine groups is 1. The maximum absolute atomic E-state index is 10.4. The molecule has 0 aromatic rings. The van der Waals surface area contributed by atoms with Gasteiger partial charge in [-0.2, -0.15) is 0 Å². The predicted octanol–water partition coefficient (Wildman–Crippen LogP) is -0.245. The van der Waals surface area contributed by atoms with Gasteiger partial charge >= 0.3 is 5.97 Å². The molecule has 0 atom stereocenters. The van der Waals surface area contributed by atoms with Crippen LogP contribution >= 0.6 is 11.6 Å². The Morgan fingerprint density at radius 3 is 2.80 bits per heavy atom. The Balaban J connectivity index is 3.61. The minimum absolute atomic E-state index is 0.0605. The first-order valence-electron chi connectivity index (χ1n) is 2.62. The van der Waals surface area contributed by atoms with E-state index < -0.39 is 5.97 Å². The summed E-state index contributed by atoms with van der Waals surface area (Å²) in [6, 6.07) is 0. The molecule has 0 aliphatic heterocycles. The van der Waals surface area contributed by atoms with Gasteiger partial charge in [0.15, 0.2) is 0 Å². The maximum atomic E-state index is 10.4. The number of halogens is 1. The summed E-state index contributed by atoms with van der Waals surface area (Å²) in [5.74, 6) is -0.0445. The van der Waals surface area contributed by atoms with E-state index in [0.717, 1.165) is 0 Å². The number of methoxy groups -OCH3 is 1. The third-order valence-electron chi connectivity index (χ3n) is 0.776. The predicted molar refractivity (Wildman–Crippen MR) is 39.2 cm³/mol. The van der Waals surface area contributed by atoms with Crippen molar-refractivity contribution in [2.45, 2.75) is 0 Å². The lowest BCUT2D eigenvalue weighted by Gasteiger charge is -1.94. The highest BCUT2D eigenvalue weighted by Crippen LogP contribution is 1.79. The molecule has 2 N–H and O–H groups in total. The van der Waals surface area contributed by atoms with Gasteiger partial charge in [0, 0.05) is 0 Å². The van der Waals surface area contributed by atoms with Crippen molar-refractivity contribution in [3.63, 3.8) is 0 Å². The quantitative estimate of drug-likeness (QED) is 0.271. The lowest BCUT2D eigenvalue weighted by atomic mass is 10.6. The van der Waals surface area contributed by atoms with E-state index in [4.69, 9.17) is 17.3 Å². The number of hydrogen-bond acceptors (Lipinski definition) is 3. The van der Waals surface area contributed by atoms with E-state index in [1.807, 2.05) is 0 Å². The fourth-order valence-corrected chi connectivity index (χ4v) is 0.357. The van der Waals surface area contributed by atoms with Gasteiger partial charge in [-0.25, -0.2) is 0 Å². The number of nitrogens with zero attached hydrogens (tertiary/aromatic N) is 1. The van der Waals surface area contributed by atoms with Crippen molar-refractivity contribution in [3.05, 3.63) is 0 Å². The molecule has 0 aliphatic carbocycles. The Hall–Kier alpha value is -0.770. The van der Waals surface area contributed by atoms with Crippen LogP contribution in [0.25, 0.3) is 0 Å². The van der Waals surface area contributed by atoms with Crippen LogP contribution in [0, 0.1) is 0 Å². The van der Waals surface area contributed by atoms with Gasteiger partial charge in [-0.15, -0.1) is 11.6 Å². The lowest BCUT2D eigenvalue weighted by Crippen LogP contribution is -2.16.